The highest BCUT2D eigenvalue weighted by atomic mass is 35.5. The molecule has 1 aromatic heterocycles. The van der Waals surface area contributed by atoms with E-state index in [4.69, 9.17) is 11.6 Å². The van der Waals surface area contributed by atoms with Crippen molar-refractivity contribution >= 4 is 40.3 Å². The first-order chi connectivity index (χ1) is 13.3. The molecule has 6 nitrogen and oxygen atoms in total. The van der Waals surface area contributed by atoms with Crippen LogP contribution in [0.3, 0.4) is 0 Å². The van der Waals surface area contributed by atoms with Gasteiger partial charge < -0.3 is 10.2 Å². The number of nitrogens with zero attached hydrogens (tertiary/aromatic N) is 3. The molecule has 0 spiro atoms. The van der Waals surface area contributed by atoms with Crippen molar-refractivity contribution in [2.75, 3.05) is 18.0 Å². The van der Waals surface area contributed by atoms with Gasteiger partial charge in [0.15, 0.2) is 0 Å². The van der Waals surface area contributed by atoms with E-state index < -0.39 is 0 Å². The van der Waals surface area contributed by atoms with Gasteiger partial charge in [-0.25, -0.2) is 9.98 Å². The summed E-state index contributed by atoms with van der Waals surface area (Å²) in [6.07, 6.45) is 4.73. The number of fused-ring (bicyclic) bond motifs is 4. The van der Waals surface area contributed by atoms with Gasteiger partial charge in [-0.1, -0.05) is 24.8 Å². The molecule has 2 N–H and O–H groups in total. The summed E-state index contributed by atoms with van der Waals surface area (Å²) in [6.45, 7) is 13.7. The van der Waals surface area contributed by atoms with Crippen molar-refractivity contribution < 1.29 is 4.79 Å². The Morgan fingerprint density at radius 1 is 1.43 bits per heavy atom. The number of anilines is 1. The lowest BCUT2D eigenvalue weighted by Gasteiger charge is -2.33. The highest BCUT2D eigenvalue weighted by Crippen LogP contribution is 2.39. The third-order valence-corrected chi connectivity index (χ3v) is 6.05. The van der Waals surface area contributed by atoms with Gasteiger partial charge in [-0.2, -0.15) is 0 Å². The van der Waals surface area contributed by atoms with Gasteiger partial charge in [-0.3, -0.25) is 9.52 Å². The lowest BCUT2D eigenvalue weighted by atomic mass is 9.93. The number of hydrogen-bond donors (Lipinski definition) is 2. The summed E-state index contributed by atoms with van der Waals surface area (Å²) in [5.74, 6) is 1.47. The Morgan fingerprint density at radius 2 is 2.21 bits per heavy atom. The second kappa shape index (κ2) is 8.57. The van der Waals surface area contributed by atoms with Crippen LogP contribution in [0.5, 0.6) is 0 Å². The molecule has 1 aromatic rings. The number of halogens is 1. The predicted molar refractivity (Wildman–Crippen MR) is 118 cm³/mol. The third kappa shape index (κ3) is 4.70. The second-order valence-electron chi connectivity index (χ2n) is 7.70. The van der Waals surface area contributed by atoms with Gasteiger partial charge in [0.25, 0.3) is 5.91 Å². The van der Waals surface area contributed by atoms with E-state index in [0.29, 0.717) is 33.3 Å². The highest BCUT2D eigenvalue weighted by Gasteiger charge is 2.40. The van der Waals surface area contributed by atoms with Gasteiger partial charge >= 0.3 is 0 Å². The van der Waals surface area contributed by atoms with Gasteiger partial charge in [-0.15, -0.1) is 0 Å². The number of aromatic nitrogens is 1. The number of aliphatic imine (C=N–C) groups is 1. The number of pyridine rings is 1. The summed E-state index contributed by atoms with van der Waals surface area (Å²) in [7, 11) is 0. The molecule has 3 rings (SSSR count). The fourth-order valence-electron chi connectivity index (χ4n) is 3.82. The van der Waals surface area contributed by atoms with Gasteiger partial charge in [0.05, 0.1) is 5.56 Å². The molecule has 1 amide bonds. The number of amides is 1. The van der Waals surface area contributed by atoms with E-state index in [1.807, 2.05) is 0 Å². The molecule has 8 heteroatoms. The maximum atomic E-state index is 12.9. The minimum absolute atomic E-state index is 0.105. The maximum Gasteiger partial charge on any atom is 0.265 e. The Balaban J connectivity index is 1.98. The molecule has 1 atom stereocenters. The van der Waals surface area contributed by atoms with Crippen molar-refractivity contribution in [3.05, 3.63) is 47.9 Å². The first-order valence-electron chi connectivity index (χ1n) is 9.35. The Bertz CT molecular complexity index is 823. The van der Waals surface area contributed by atoms with Crippen molar-refractivity contribution in [3.8, 4) is 0 Å². The molecule has 2 bridgehead atoms. The van der Waals surface area contributed by atoms with E-state index in [1.165, 1.54) is 0 Å². The minimum Gasteiger partial charge on any atom is -0.371 e. The molecule has 150 valence electrons. The molecule has 3 heterocycles. The zero-order valence-electron chi connectivity index (χ0n) is 16.3. The topological polar surface area (TPSA) is 69.6 Å². The average molecular weight is 420 g/mol. The smallest absolute Gasteiger partial charge is 0.265 e. The van der Waals surface area contributed by atoms with Crippen molar-refractivity contribution in [1.29, 1.82) is 0 Å². The average Bonchev–Trinajstić information content (AvgIpc) is 2.95. The van der Waals surface area contributed by atoms with Crippen LogP contribution in [0.2, 0.25) is 5.15 Å². The fourth-order valence-corrected chi connectivity index (χ4v) is 4.51. The quantitative estimate of drug-likeness (QED) is 0.528. The number of rotatable bonds is 1. The second-order valence-corrected chi connectivity index (χ2v) is 8.92. The van der Waals surface area contributed by atoms with E-state index in [2.05, 4.69) is 51.9 Å². The van der Waals surface area contributed by atoms with Gasteiger partial charge in [0.2, 0.25) is 0 Å². The summed E-state index contributed by atoms with van der Waals surface area (Å²) < 4.78 is 2.83. The van der Waals surface area contributed by atoms with E-state index in [9.17, 15) is 4.79 Å². The molecular weight excluding hydrogens is 394 g/mol. The largest absolute Gasteiger partial charge is 0.371 e. The lowest BCUT2D eigenvalue weighted by Crippen LogP contribution is -2.40. The normalized spacial score (nSPS) is 24.8. The van der Waals surface area contributed by atoms with Crippen LogP contribution < -0.4 is 14.9 Å². The Hall–Kier alpha value is -1.99. The molecular formula is C20H26ClN5OS. The van der Waals surface area contributed by atoms with Crippen LogP contribution in [-0.2, 0) is 0 Å². The van der Waals surface area contributed by atoms with E-state index in [-0.39, 0.29) is 11.4 Å². The van der Waals surface area contributed by atoms with E-state index >= 15 is 0 Å². The Kier molecular flexibility index (Phi) is 6.35. The van der Waals surface area contributed by atoms with E-state index in [1.54, 1.807) is 18.2 Å². The van der Waals surface area contributed by atoms with E-state index in [0.717, 1.165) is 44.3 Å². The summed E-state index contributed by atoms with van der Waals surface area (Å²) in [4.78, 5) is 24.0. The van der Waals surface area contributed by atoms with Crippen LogP contribution in [-0.4, -0.2) is 34.6 Å². The molecule has 0 aromatic carbocycles. The van der Waals surface area contributed by atoms with Crippen LogP contribution in [0.1, 0.15) is 43.5 Å². The van der Waals surface area contributed by atoms with Gasteiger partial charge in [-0.05, 0) is 57.2 Å². The SMILES string of the molecule is C=C/C1=N\C(=C)NCCCC2CN(c3nc(Cl)ccc3C(=O)NS1)C(C)(C)C2. The van der Waals surface area contributed by atoms with Gasteiger partial charge in [0, 0.05) is 30.6 Å². The molecule has 2 aliphatic rings. The van der Waals surface area contributed by atoms with Crippen molar-refractivity contribution in [3.63, 3.8) is 0 Å². The fraction of sp³-hybridized carbons (Fsp3) is 0.450. The van der Waals surface area contributed by atoms with Gasteiger partial charge in [0.1, 0.15) is 21.8 Å². The van der Waals surface area contributed by atoms with Crippen LogP contribution in [0.4, 0.5) is 5.82 Å². The summed E-state index contributed by atoms with van der Waals surface area (Å²) in [5.41, 5.74) is 0.396. The molecule has 1 fully saturated rings. The van der Waals surface area contributed by atoms with Crippen LogP contribution in [0.15, 0.2) is 42.2 Å². The molecule has 28 heavy (non-hydrogen) atoms. The molecule has 0 aliphatic carbocycles. The Labute approximate surface area is 175 Å². The zero-order chi connectivity index (χ0) is 20.3. The summed E-state index contributed by atoms with van der Waals surface area (Å²) in [5, 5.41) is 4.17. The van der Waals surface area contributed by atoms with Crippen molar-refractivity contribution in [1.82, 2.24) is 15.0 Å². The standard InChI is InChI=1S/C20H26ClN5OS/c1-5-17-23-13(2)22-10-6-7-14-11-20(3,4)26(12-14)18-15(19(27)25-28-17)8-9-16(21)24-18/h5,8-9,14,22H,1-2,6-7,10-12H2,3-4H3,(H,25,27)/b23-17+. The third-order valence-electron chi connectivity index (χ3n) is 5.09. The molecule has 1 unspecified atom stereocenters. The summed E-state index contributed by atoms with van der Waals surface area (Å²) >= 11 is 7.29. The van der Waals surface area contributed by atoms with Crippen molar-refractivity contribution in [2.24, 2.45) is 10.9 Å². The van der Waals surface area contributed by atoms with Crippen LogP contribution in [0.25, 0.3) is 0 Å². The number of carbonyl (C=O) groups is 1. The molecule has 0 radical (unpaired) electrons. The monoisotopic (exact) mass is 419 g/mol. The number of carbonyl (C=O) groups excluding carboxylic acids is 1. The first-order valence-corrected chi connectivity index (χ1v) is 10.5. The van der Waals surface area contributed by atoms with Crippen molar-refractivity contribution in [2.45, 2.75) is 38.6 Å². The molecule has 1 saturated heterocycles. The highest BCUT2D eigenvalue weighted by molar-refractivity contribution is 8.13. The Morgan fingerprint density at radius 3 is 2.96 bits per heavy atom. The maximum absolute atomic E-state index is 12.9. The molecule has 2 aliphatic heterocycles. The van der Waals surface area contributed by atoms with Crippen LogP contribution in [0, 0.1) is 5.92 Å². The summed E-state index contributed by atoms with van der Waals surface area (Å²) in [6, 6.07) is 3.38. The number of nitrogens with one attached hydrogen (secondary N) is 2. The predicted octanol–water partition coefficient (Wildman–Crippen LogP) is 4.16. The zero-order valence-corrected chi connectivity index (χ0v) is 17.9. The number of hydrogen-bond acceptors (Lipinski definition) is 6. The molecule has 0 saturated carbocycles. The first kappa shape index (κ1) is 20.7. The van der Waals surface area contributed by atoms with Crippen LogP contribution >= 0.6 is 23.5 Å². The lowest BCUT2D eigenvalue weighted by molar-refractivity contribution is 0.0985. The minimum atomic E-state index is -0.244.